The molecule has 2 rings (SSSR count). The van der Waals surface area contributed by atoms with Gasteiger partial charge < -0.3 is 10.2 Å². The number of nitrogens with zero attached hydrogens (tertiary/aromatic N) is 1. The lowest BCUT2D eigenvalue weighted by molar-refractivity contribution is 0.745. The maximum Gasteiger partial charge on any atom is 0.0638 e. The van der Waals surface area contributed by atoms with Crippen molar-refractivity contribution >= 4 is 23.0 Å². The molecule has 0 aliphatic carbocycles. The average Bonchev–Trinajstić information content (AvgIpc) is 2.67. The van der Waals surface area contributed by atoms with Crippen molar-refractivity contribution in [1.29, 1.82) is 0 Å². The van der Waals surface area contributed by atoms with E-state index in [1.165, 1.54) is 35.2 Å². The molecule has 0 aromatic heterocycles. The summed E-state index contributed by atoms with van der Waals surface area (Å²) in [7, 11) is 0. The molecule has 0 bridgehead atoms. The Balaban J connectivity index is 2.20. The number of hydrogen-bond donors (Lipinski definition) is 1. The Bertz CT molecular complexity index is 713. The number of hydrogen-bond acceptors (Lipinski definition) is 2. The van der Waals surface area contributed by atoms with Crippen LogP contribution in [0.3, 0.4) is 0 Å². The number of allylic oxidation sites excluding steroid dienone is 1. The Morgan fingerprint density at radius 3 is 2.19 bits per heavy atom. The first kappa shape index (κ1) is 20.4. The van der Waals surface area contributed by atoms with E-state index in [0.717, 1.165) is 30.3 Å². The van der Waals surface area contributed by atoms with Crippen molar-refractivity contribution in [2.75, 3.05) is 29.9 Å². The molecular formula is C23H31ClN2. The maximum atomic E-state index is 6.36. The predicted molar refractivity (Wildman–Crippen MR) is 118 cm³/mol. The molecule has 3 heteroatoms. The van der Waals surface area contributed by atoms with E-state index in [1.54, 1.807) is 0 Å². The molecule has 2 nitrogen and oxygen atoms in total. The second kappa shape index (κ2) is 10.3. The summed E-state index contributed by atoms with van der Waals surface area (Å²) in [6, 6.07) is 15.1. The highest BCUT2D eigenvalue weighted by Crippen LogP contribution is 2.30. The number of halogens is 1. The first-order valence-electron chi connectivity index (χ1n) is 9.59. The van der Waals surface area contributed by atoms with Gasteiger partial charge in [0.1, 0.15) is 0 Å². The summed E-state index contributed by atoms with van der Waals surface area (Å²) < 4.78 is 0. The SMILES string of the molecule is C/C=C(\C)CNc1cc(-c2ccc(N(CCC)CCC)cc2)ccc1Cl. The second-order valence-corrected chi connectivity index (χ2v) is 7.12. The van der Waals surface area contributed by atoms with E-state index in [1.807, 2.05) is 6.07 Å². The Kier molecular flexibility index (Phi) is 8.06. The Labute approximate surface area is 163 Å². The van der Waals surface area contributed by atoms with E-state index >= 15 is 0 Å². The van der Waals surface area contributed by atoms with Crippen molar-refractivity contribution in [2.45, 2.75) is 40.5 Å². The van der Waals surface area contributed by atoms with Gasteiger partial charge in [0, 0.05) is 25.3 Å². The van der Waals surface area contributed by atoms with Crippen LogP contribution in [0, 0.1) is 0 Å². The van der Waals surface area contributed by atoms with Gasteiger partial charge in [-0.1, -0.05) is 55.3 Å². The molecule has 0 fully saturated rings. The zero-order chi connectivity index (χ0) is 18.9. The Morgan fingerprint density at radius 1 is 1.00 bits per heavy atom. The highest BCUT2D eigenvalue weighted by molar-refractivity contribution is 6.33. The van der Waals surface area contributed by atoms with E-state index in [2.05, 4.69) is 80.4 Å². The van der Waals surface area contributed by atoms with Gasteiger partial charge >= 0.3 is 0 Å². The third-order valence-electron chi connectivity index (χ3n) is 4.57. The van der Waals surface area contributed by atoms with Crippen LogP contribution in [0.2, 0.25) is 5.02 Å². The van der Waals surface area contributed by atoms with Crippen LogP contribution >= 0.6 is 11.6 Å². The van der Waals surface area contributed by atoms with Gasteiger partial charge in [-0.2, -0.15) is 0 Å². The second-order valence-electron chi connectivity index (χ2n) is 6.72. The minimum absolute atomic E-state index is 0.756. The van der Waals surface area contributed by atoms with Gasteiger partial charge in [0.05, 0.1) is 10.7 Å². The van der Waals surface area contributed by atoms with Crippen molar-refractivity contribution < 1.29 is 0 Å². The molecule has 0 aliphatic heterocycles. The standard InChI is InChI=1S/C23H31ClN2/c1-5-14-26(15-6-2)21-11-8-19(9-12-21)20-10-13-22(24)23(16-20)25-17-18(4)7-3/h7-13,16,25H,5-6,14-15,17H2,1-4H3/b18-7+. The molecule has 140 valence electrons. The van der Waals surface area contributed by atoms with E-state index in [-0.39, 0.29) is 0 Å². The lowest BCUT2D eigenvalue weighted by Crippen LogP contribution is -2.24. The molecule has 0 saturated heterocycles. The van der Waals surface area contributed by atoms with Gasteiger partial charge in [0.25, 0.3) is 0 Å². The fourth-order valence-corrected chi connectivity index (χ4v) is 3.14. The highest BCUT2D eigenvalue weighted by Gasteiger charge is 2.07. The summed E-state index contributed by atoms with van der Waals surface area (Å²) in [6.45, 7) is 11.6. The molecule has 2 aromatic carbocycles. The Morgan fingerprint density at radius 2 is 1.62 bits per heavy atom. The first-order chi connectivity index (χ1) is 12.6. The molecule has 0 heterocycles. The number of anilines is 2. The summed E-state index contributed by atoms with van der Waals surface area (Å²) in [5, 5.41) is 4.18. The van der Waals surface area contributed by atoms with Crippen LogP contribution in [0.25, 0.3) is 11.1 Å². The van der Waals surface area contributed by atoms with Gasteiger partial charge in [-0.3, -0.25) is 0 Å². The molecule has 0 aliphatic rings. The fourth-order valence-electron chi connectivity index (χ4n) is 2.95. The van der Waals surface area contributed by atoms with E-state index in [9.17, 15) is 0 Å². The van der Waals surface area contributed by atoms with Gasteiger partial charge in [0.2, 0.25) is 0 Å². The zero-order valence-corrected chi connectivity index (χ0v) is 17.2. The maximum absolute atomic E-state index is 6.36. The quantitative estimate of drug-likeness (QED) is 0.477. The van der Waals surface area contributed by atoms with Crippen molar-refractivity contribution in [2.24, 2.45) is 0 Å². The highest BCUT2D eigenvalue weighted by atomic mass is 35.5. The molecule has 0 amide bonds. The minimum atomic E-state index is 0.756. The molecule has 1 N–H and O–H groups in total. The third-order valence-corrected chi connectivity index (χ3v) is 4.90. The van der Waals surface area contributed by atoms with Crippen LogP contribution in [-0.4, -0.2) is 19.6 Å². The van der Waals surface area contributed by atoms with Gasteiger partial charge in [-0.25, -0.2) is 0 Å². The monoisotopic (exact) mass is 370 g/mol. The molecule has 2 aromatic rings. The Hall–Kier alpha value is -1.93. The fraction of sp³-hybridized carbons (Fsp3) is 0.391. The molecule has 26 heavy (non-hydrogen) atoms. The summed E-state index contributed by atoms with van der Waals surface area (Å²) >= 11 is 6.36. The number of nitrogens with one attached hydrogen (secondary N) is 1. The van der Waals surface area contributed by atoms with Gasteiger partial charge in [-0.05, 0) is 62.1 Å². The lowest BCUT2D eigenvalue weighted by Gasteiger charge is -2.24. The zero-order valence-electron chi connectivity index (χ0n) is 16.5. The number of rotatable bonds is 9. The third kappa shape index (κ3) is 5.54. The average molecular weight is 371 g/mol. The van der Waals surface area contributed by atoms with Crippen LogP contribution in [-0.2, 0) is 0 Å². The summed E-state index contributed by atoms with van der Waals surface area (Å²) in [4.78, 5) is 2.46. The van der Waals surface area contributed by atoms with Crippen LogP contribution in [0.1, 0.15) is 40.5 Å². The first-order valence-corrected chi connectivity index (χ1v) is 9.97. The largest absolute Gasteiger partial charge is 0.380 e. The summed E-state index contributed by atoms with van der Waals surface area (Å²) in [5.41, 5.74) is 5.97. The molecule has 0 spiro atoms. The van der Waals surface area contributed by atoms with Gasteiger partial charge in [-0.15, -0.1) is 0 Å². The molecule has 0 atom stereocenters. The molecular weight excluding hydrogens is 340 g/mol. The van der Waals surface area contributed by atoms with Crippen molar-refractivity contribution in [1.82, 2.24) is 0 Å². The van der Waals surface area contributed by atoms with E-state index in [0.29, 0.717) is 0 Å². The topological polar surface area (TPSA) is 15.3 Å². The van der Waals surface area contributed by atoms with Crippen LogP contribution in [0.5, 0.6) is 0 Å². The smallest absolute Gasteiger partial charge is 0.0638 e. The summed E-state index contributed by atoms with van der Waals surface area (Å²) in [5.74, 6) is 0. The number of benzene rings is 2. The van der Waals surface area contributed by atoms with Crippen LogP contribution < -0.4 is 10.2 Å². The van der Waals surface area contributed by atoms with Crippen LogP contribution in [0.15, 0.2) is 54.1 Å². The predicted octanol–water partition coefficient (Wildman–Crippen LogP) is 7.01. The van der Waals surface area contributed by atoms with Crippen molar-refractivity contribution in [3.63, 3.8) is 0 Å². The molecule has 0 radical (unpaired) electrons. The van der Waals surface area contributed by atoms with E-state index in [4.69, 9.17) is 11.6 Å². The normalized spacial score (nSPS) is 11.5. The molecule has 0 unspecified atom stereocenters. The molecule has 0 saturated carbocycles. The minimum Gasteiger partial charge on any atom is -0.380 e. The summed E-state index contributed by atoms with van der Waals surface area (Å²) in [6.07, 6.45) is 4.45. The van der Waals surface area contributed by atoms with E-state index < -0.39 is 0 Å². The van der Waals surface area contributed by atoms with Gasteiger partial charge in [0.15, 0.2) is 0 Å². The van der Waals surface area contributed by atoms with Crippen molar-refractivity contribution in [3.05, 3.63) is 59.1 Å². The van der Waals surface area contributed by atoms with Crippen LogP contribution in [0.4, 0.5) is 11.4 Å². The lowest BCUT2D eigenvalue weighted by atomic mass is 10.0. The van der Waals surface area contributed by atoms with Crippen molar-refractivity contribution in [3.8, 4) is 11.1 Å².